The Kier molecular flexibility index (Phi) is 6.63. The number of carbonyl (C=O) groups excluding carboxylic acids is 2. The van der Waals surface area contributed by atoms with Crippen LogP contribution in [0.3, 0.4) is 0 Å². The average molecular weight is 393 g/mol. The topological polar surface area (TPSA) is 107 Å². The lowest BCUT2D eigenvalue weighted by Gasteiger charge is -2.31. The maximum absolute atomic E-state index is 12.5. The molecular weight excluding hydrogens is 370 g/mol. The molecule has 1 aromatic carbocycles. The zero-order chi connectivity index (χ0) is 20.6. The molecule has 1 aromatic heterocycles. The van der Waals surface area contributed by atoms with Gasteiger partial charge in [0.05, 0.1) is 23.8 Å². The van der Waals surface area contributed by atoms with E-state index in [4.69, 9.17) is 10.00 Å². The SMILES string of the molecule is CCOC(=O)N1CCC(NC(=O)c2ccc(Nc3cccc(C#N)c3)nc2)CC1. The van der Waals surface area contributed by atoms with Gasteiger partial charge in [0.25, 0.3) is 5.91 Å². The summed E-state index contributed by atoms with van der Waals surface area (Å²) in [5.41, 5.74) is 1.77. The molecule has 2 amide bonds. The monoisotopic (exact) mass is 393 g/mol. The molecule has 150 valence electrons. The Morgan fingerprint density at radius 1 is 1.28 bits per heavy atom. The normalized spacial score (nSPS) is 14.0. The van der Waals surface area contributed by atoms with E-state index in [1.165, 1.54) is 6.20 Å². The number of anilines is 2. The minimum atomic E-state index is -0.301. The summed E-state index contributed by atoms with van der Waals surface area (Å²) in [5, 5.41) is 15.1. The molecule has 1 saturated heterocycles. The number of nitrogens with one attached hydrogen (secondary N) is 2. The van der Waals surface area contributed by atoms with E-state index in [-0.39, 0.29) is 18.0 Å². The fourth-order valence-electron chi connectivity index (χ4n) is 3.11. The van der Waals surface area contributed by atoms with Crippen LogP contribution in [0.5, 0.6) is 0 Å². The fraction of sp³-hybridized carbons (Fsp3) is 0.333. The zero-order valence-electron chi connectivity index (χ0n) is 16.2. The van der Waals surface area contributed by atoms with Gasteiger partial charge >= 0.3 is 6.09 Å². The number of carbonyl (C=O) groups is 2. The number of benzene rings is 1. The van der Waals surface area contributed by atoms with Crippen molar-refractivity contribution in [3.63, 3.8) is 0 Å². The third kappa shape index (κ3) is 5.45. The molecule has 0 saturated carbocycles. The number of nitrogens with zero attached hydrogens (tertiary/aromatic N) is 3. The standard InChI is InChI=1S/C21H23N5O3/c1-2-29-21(28)26-10-8-17(9-11-26)25-20(27)16-6-7-19(23-14-16)24-18-5-3-4-15(12-18)13-22/h3-7,12,14,17H,2,8-11H2,1H3,(H,23,24)(H,25,27). The van der Waals surface area contributed by atoms with E-state index in [0.717, 1.165) is 5.69 Å². The highest BCUT2D eigenvalue weighted by Gasteiger charge is 2.24. The van der Waals surface area contributed by atoms with E-state index in [9.17, 15) is 9.59 Å². The lowest BCUT2D eigenvalue weighted by atomic mass is 10.0. The van der Waals surface area contributed by atoms with Crippen LogP contribution >= 0.6 is 0 Å². The van der Waals surface area contributed by atoms with Crippen LogP contribution in [0.2, 0.25) is 0 Å². The van der Waals surface area contributed by atoms with Gasteiger partial charge in [-0.2, -0.15) is 5.26 Å². The van der Waals surface area contributed by atoms with E-state index in [1.807, 2.05) is 6.07 Å². The number of aromatic nitrogens is 1. The molecule has 1 aliphatic rings. The van der Waals surface area contributed by atoms with Gasteiger partial charge in [-0.05, 0) is 50.1 Å². The van der Waals surface area contributed by atoms with Crippen LogP contribution in [0.1, 0.15) is 35.7 Å². The number of piperidine rings is 1. The van der Waals surface area contributed by atoms with Gasteiger partial charge in [-0.3, -0.25) is 4.79 Å². The molecule has 0 spiro atoms. The minimum Gasteiger partial charge on any atom is -0.450 e. The quantitative estimate of drug-likeness (QED) is 0.808. The van der Waals surface area contributed by atoms with Gasteiger partial charge in [0.15, 0.2) is 0 Å². The Hall–Kier alpha value is -3.60. The summed E-state index contributed by atoms with van der Waals surface area (Å²) in [6, 6.07) is 12.6. The Morgan fingerprint density at radius 2 is 2.07 bits per heavy atom. The van der Waals surface area contributed by atoms with E-state index in [2.05, 4.69) is 21.7 Å². The molecule has 0 bridgehead atoms. The second kappa shape index (κ2) is 9.55. The van der Waals surface area contributed by atoms with Crippen LogP contribution in [-0.4, -0.2) is 47.6 Å². The molecule has 8 heteroatoms. The Morgan fingerprint density at radius 3 is 2.72 bits per heavy atom. The van der Waals surface area contributed by atoms with Crippen LogP contribution in [0.4, 0.5) is 16.3 Å². The maximum Gasteiger partial charge on any atom is 0.409 e. The molecule has 2 N–H and O–H groups in total. The third-order valence-corrected chi connectivity index (χ3v) is 4.65. The highest BCUT2D eigenvalue weighted by Crippen LogP contribution is 2.17. The predicted octanol–water partition coefficient (Wildman–Crippen LogP) is 3.05. The molecule has 0 atom stereocenters. The maximum atomic E-state index is 12.5. The first-order valence-corrected chi connectivity index (χ1v) is 9.55. The Bertz CT molecular complexity index is 899. The molecule has 1 fully saturated rings. The second-order valence-electron chi connectivity index (χ2n) is 6.68. The molecule has 29 heavy (non-hydrogen) atoms. The Labute approximate surface area is 169 Å². The summed E-state index contributed by atoms with van der Waals surface area (Å²) < 4.78 is 5.00. The molecule has 0 aliphatic carbocycles. The molecule has 8 nitrogen and oxygen atoms in total. The van der Waals surface area contributed by atoms with Crippen LogP contribution in [-0.2, 0) is 4.74 Å². The number of likely N-dealkylation sites (tertiary alicyclic amines) is 1. The van der Waals surface area contributed by atoms with Crippen molar-refractivity contribution in [1.29, 1.82) is 5.26 Å². The summed E-state index contributed by atoms with van der Waals surface area (Å²) in [5.74, 6) is 0.393. The Balaban J connectivity index is 1.52. The van der Waals surface area contributed by atoms with Gasteiger partial charge in [-0.15, -0.1) is 0 Å². The number of pyridine rings is 1. The third-order valence-electron chi connectivity index (χ3n) is 4.65. The summed E-state index contributed by atoms with van der Waals surface area (Å²) in [4.78, 5) is 30.1. The summed E-state index contributed by atoms with van der Waals surface area (Å²) >= 11 is 0. The van der Waals surface area contributed by atoms with E-state index in [1.54, 1.807) is 42.2 Å². The van der Waals surface area contributed by atoms with Gasteiger partial charge in [0, 0.05) is 31.0 Å². The molecular formula is C21H23N5O3. The minimum absolute atomic E-state index is 0.0136. The molecule has 3 rings (SSSR count). The van der Waals surface area contributed by atoms with E-state index < -0.39 is 0 Å². The number of ether oxygens (including phenoxy) is 1. The van der Waals surface area contributed by atoms with Gasteiger partial charge < -0.3 is 20.3 Å². The van der Waals surface area contributed by atoms with Crippen LogP contribution in [0.25, 0.3) is 0 Å². The molecule has 0 radical (unpaired) electrons. The van der Waals surface area contributed by atoms with Crippen LogP contribution in [0, 0.1) is 11.3 Å². The van der Waals surface area contributed by atoms with Crippen LogP contribution < -0.4 is 10.6 Å². The number of rotatable bonds is 5. The van der Waals surface area contributed by atoms with E-state index >= 15 is 0 Å². The highest BCUT2D eigenvalue weighted by atomic mass is 16.6. The number of hydrogen-bond acceptors (Lipinski definition) is 6. The first kappa shape index (κ1) is 20.1. The number of hydrogen-bond donors (Lipinski definition) is 2. The van der Waals surface area contributed by atoms with Crippen molar-refractivity contribution >= 4 is 23.5 Å². The smallest absolute Gasteiger partial charge is 0.409 e. The van der Waals surface area contributed by atoms with Crippen molar-refractivity contribution in [1.82, 2.24) is 15.2 Å². The fourth-order valence-corrected chi connectivity index (χ4v) is 3.11. The van der Waals surface area contributed by atoms with Crippen molar-refractivity contribution in [2.45, 2.75) is 25.8 Å². The lowest BCUT2D eigenvalue weighted by Crippen LogP contribution is -2.46. The van der Waals surface area contributed by atoms with Gasteiger partial charge in [-0.1, -0.05) is 6.07 Å². The van der Waals surface area contributed by atoms with Crippen molar-refractivity contribution in [2.24, 2.45) is 0 Å². The predicted molar refractivity (Wildman–Crippen MR) is 108 cm³/mol. The second-order valence-corrected chi connectivity index (χ2v) is 6.68. The van der Waals surface area contributed by atoms with Crippen molar-refractivity contribution in [3.05, 3.63) is 53.7 Å². The average Bonchev–Trinajstić information content (AvgIpc) is 2.75. The molecule has 2 aromatic rings. The van der Waals surface area contributed by atoms with Crippen molar-refractivity contribution in [2.75, 3.05) is 25.0 Å². The van der Waals surface area contributed by atoms with Crippen molar-refractivity contribution < 1.29 is 14.3 Å². The van der Waals surface area contributed by atoms with Crippen LogP contribution in [0.15, 0.2) is 42.6 Å². The summed E-state index contributed by atoms with van der Waals surface area (Å²) in [6.07, 6.45) is 2.59. The number of nitriles is 1. The first-order valence-electron chi connectivity index (χ1n) is 9.55. The molecule has 2 heterocycles. The first-order chi connectivity index (χ1) is 14.1. The molecule has 0 unspecified atom stereocenters. The largest absolute Gasteiger partial charge is 0.450 e. The van der Waals surface area contributed by atoms with E-state index in [0.29, 0.717) is 49.5 Å². The molecule has 1 aliphatic heterocycles. The van der Waals surface area contributed by atoms with Gasteiger partial charge in [0.1, 0.15) is 5.82 Å². The lowest BCUT2D eigenvalue weighted by molar-refractivity contribution is 0.0860. The summed E-state index contributed by atoms with van der Waals surface area (Å²) in [7, 11) is 0. The van der Waals surface area contributed by atoms with Crippen molar-refractivity contribution in [3.8, 4) is 6.07 Å². The highest BCUT2D eigenvalue weighted by molar-refractivity contribution is 5.94. The summed E-state index contributed by atoms with van der Waals surface area (Å²) in [6.45, 7) is 3.26. The zero-order valence-corrected chi connectivity index (χ0v) is 16.2. The van der Waals surface area contributed by atoms with Gasteiger partial charge in [-0.25, -0.2) is 9.78 Å². The van der Waals surface area contributed by atoms with Gasteiger partial charge in [0.2, 0.25) is 0 Å². The number of amides is 2.